The quantitative estimate of drug-likeness (QED) is 0.231. The molecule has 0 saturated heterocycles. The molecule has 1 fully saturated rings. The Balaban J connectivity index is 1.57. The lowest BCUT2D eigenvalue weighted by molar-refractivity contribution is 0.283. The molecule has 8 heteroatoms. The summed E-state index contributed by atoms with van der Waals surface area (Å²) >= 11 is 3.52. The number of halogens is 2. The maximum Gasteiger partial charge on any atom is 0.282 e. The van der Waals surface area contributed by atoms with Crippen LogP contribution >= 0.6 is 15.9 Å². The summed E-state index contributed by atoms with van der Waals surface area (Å²) in [7, 11) is 1.55. The molecule has 0 aliphatic heterocycles. The van der Waals surface area contributed by atoms with Crippen molar-refractivity contribution in [2.24, 2.45) is 5.10 Å². The van der Waals surface area contributed by atoms with Gasteiger partial charge in [0.1, 0.15) is 18.2 Å². The Hall–Kier alpha value is -3.52. The number of hydrogen-bond acceptors (Lipinski definition) is 5. The molecule has 37 heavy (non-hydrogen) atoms. The van der Waals surface area contributed by atoms with E-state index in [-0.39, 0.29) is 23.9 Å². The zero-order chi connectivity index (χ0) is 25.8. The van der Waals surface area contributed by atoms with Crippen LogP contribution in [0.15, 0.2) is 75.0 Å². The van der Waals surface area contributed by atoms with Gasteiger partial charge >= 0.3 is 0 Å². The van der Waals surface area contributed by atoms with E-state index < -0.39 is 0 Å². The van der Waals surface area contributed by atoms with Crippen molar-refractivity contribution in [3.63, 3.8) is 0 Å². The first kappa shape index (κ1) is 25.1. The lowest BCUT2D eigenvalue weighted by Gasteiger charge is -2.22. The van der Waals surface area contributed by atoms with E-state index in [9.17, 15) is 9.18 Å². The van der Waals surface area contributed by atoms with E-state index in [4.69, 9.17) is 14.5 Å². The Morgan fingerprint density at radius 3 is 2.70 bits per heavy atom. The SMILES string of the molecule is COc1cc(Br)cc(C=Nn2c(C3CCCCC3)nc3ccccc3c2=O)c1OCc1cccc(F)c1. The highest BCUT2D eigenvalue weighted by atomic mass is 79.9. The van der Waals surface area contributed by atoms with Crippen LogP contribution in [-0.4, -0.2) is 23.0 Å². The number of para-hydroxylation sites is 1. The first-order valence-electron chi connectivity index (χ1n) is 12.3. The lowest BCUT2D eigenvalue weighted by Crippen LogP contribution is -2.25. The van der Waals surface area contributed by atoms with Crippen LogP contribution < -0.4 is 15.0 Å². The van der Waals surface area contributed by atoms with Crippen molar-refractivity contribution in [2.45, 2.75) is 44.6 Å². The third-order valence-corrected chi connectivity index (χ3v) is 7.06. The fourth-order valence-corrected chi connectivity index (χ4v) is 5.23. The van der Waals surface area contributed by atoms with E-state index in [1.165, 1.54) is 23.2 Å². The molecule has 1 saturated carbocycles. The van der Waals surface area contributed by atoms with Crippen molar-refractivity contribution >= 4 is 33.0 Å². The number of ether oxygens (including phenoxy) is 2. The highest BCUT2D eigenvalue weighted by Gasteiger charge is 2.22. The number of nitrogens with zero attached hydrogens (tertiary/aromatic N) is 3. The maximum absolute atomic E-state index is 13.7. The summed E-state index contributed by atoms with van der Waals surface area (Å²) in [6, 6.07) is 17.2. The molecule has 190 valence electrons. The smallest absolute Gasteiger partial charge is 0.282 e. The summed E-state index contributed by atoms with van der Waals surface area (Å²) in [5.74, 6) is 1.46. The molecule has 0 N–H and O–H groups in total. The Morgan fingerprint density at radius 1 is 1.11 bits per heavy atom. The molecule has 0 atom stereocenters. The molecule has 0 unspecified atom stereocenters. The highest BCUT2D eigenvalue weighted by molar-refractivity contribution is 9.10. The average Bonchev–Trinajstić information content (AvgIpc) is 2.92. The van der Waals surface area contributed by atoms with Gasteiger partial charge in [0.25, 0.3) is 5.56 Å². The Labute approximate surface area is 222 Å². The minimum absolute atomic E-state index is 0.140. The first-order valence-corrected chi connectivity index (χ1v) is 13.1. The zero-order valence-electron chi connectivity index (χ0n) is 20.5. The standard InChI is InChI=1S/C29H27BrFN3O3/c1-36-26-16-22(30)15-21(27(26)37-18-19-8-7-11-23(31)14-19)17-32-34-28(20-9-3-2-4-10-20)33-25-13-6-5-12-24(25)29(34)35/h5-8,11-17,20H,2-4,9-10,18H2,1H3. The summed E-state index contributed by atoms with van der Waals surface area (Å²) in [6.45, 7) is 0.140. The lowest BCUT2D eigenvalue weighted by atomic mass is 9.88. The van der Waals surface area contributed by atoms with Crippen LogP contribution in [0, 0.1) is 5.82 Å². The average molecular weight is 564 g/mol. The molecule has 0 radical (unpaired) electrons. The van der Waals surface area contributed by atoms with Crippen molar-refractivity contribution < 1.29 is 13.9 Å². The van der Waals surface area contributed by atoms with Gasteiger partial charge in [-0.1, -0.05) is 59.5 Å². The number of rotatable bonds is 7. The van der Waals surface area contributed by atoms with Crippen LogP contribution in [0.25, 0.3) is 10.9 Å². The maximum atomic E-state index is 13.7. The van der Waals surface area contributed by atoms with Crippen LogP contribution in [0.1, 0.15) is 55.0 Å². The minimum Gasteiger partial charge on any atom is -0.493 e. The molecule has 6 nitrogen and oxygen atoms in total. The van der Waals surface area contributed by atoms with E-state index in [1.807, 2.05) is 24.3 Å². The molecular formula is C29H27BrFN3O3. The molecule has 3 aromatic carbocycles. The van der Waals surface area contributed by atoms with E-state index in [2.05, 4.69) is 21.0 Å². The molecule has 1 aromatic heterocycles. The Kier molecular flexibility index (Phi) is 7.65. The van der Waals surface area contributed by atoms with Crippen LogP contribution in [-0.2, 0) is 6.61 Å². The third kappa shape index (κ3) is 5.59. The topological polar surface area (TPSA) is 65.7 Å². The summed E-state index contributed by atoms with van der Waals surface area (Å²) < 4.78 is 27.5. The van der Waals surface area contributed by atoms with Crippen molar-refractivity contribution in [3.8, 4) is 11.5 Å². The van der Waals surface area contributed by atoms with Gasteiger partial charge in [-0.15, -0.1) is 0 Å². The van der Waals surface area contributed by atoms with Gasteiger partial charge in [0.05, 0.1) is 24.2 Å². The molecule has 5 rings (SSSR count). The predicted octanol–water partition coefficient (Wildman–Crippen LogP) is 6.82. The van der Waals surface area contributed by atoms with Gasteiger partial charge in [0.15, 0.2) is 11.5 Å². The third-order valence-electron chi connectivity index (χ3n) is 6.60. The number of fused-ring (bicyclic) bond motifs is 1. The molecule has 4 aromatic rings. The molecule has 1 aliphatic rings. The number of aromatic nitrogens is 2. The molecule has 0 spiro atoms. The van der Waals surface area contributed by atoms with Gasteiger partial charge in [0.2, 0.25) is 0 Å². The van der Waals surface area contributed by atoms with E-state index in [0.717, 1.165) is 30.2 Å². The molecule has 1 aliphatic carbocycles. The summed E-state index contributed by atoms with van der Waals surface area (Å²) in [4.78, 5) is 18.4. The fourth-order valence-electron chi connectivity index (χ4n) is 4.77. The predicted molar refractivity (Wildman–Crippen MR) is 146 cm³/mol. The number of hydrogen-bond donors (Lipinski definition) is 0. The molecule has 0 amide bonds. The van der Waals surface area contributed by atoms with Crippen molar-refractivity contribution in [3.05, 3.63) is 98.3 Å². The van der Waals surface area contributed by atoms with Gasteiger partial charge in [-0.25, -0.2) is 9.37 Å². The molecule has 0 bridgehead atoms. The van der Waals surface area contributed by atoms with Crippen molar-refractivity contribution in [1.29, 1.82) is 0 Å². The van der Waals surface area contributed by atoms with Gasteiger partial charge < -0.3 is 9.47 Å². The molecule has 1 heterocycles. The second-order valence-electron chi connectivity index (χ2n) is 9.13. The largest absolute Gasteiger partial charge is 0.493 e. The summed E-state index contributed by atoms with van der Waals surface area (Å²) in [5.41, 5.74) is 1.77. The van der Waals surface area contributed by atoms with Crippen LogP contribution in [0.5, 0.6) is 11.5 Å². The normalized spacial score (nSPS) is 14.4. The fraction of sp³-hybridized carbons (Fsp3) is 0.276. The zero-order valence-corrected chi connectivity index (χ0v) is 22.1. The van der Waals surface area contributed by atoms with Gasteiger partial charge in [-0.2, -0.15) is 9.78 Å². The van der Waals surface area contributed by atoms with Gasteiger partial charge in [-0.05, 0) is 54.8 Å². The van der Waals surface area contributed by atoms with Crippen LogP contribution in [0.2, 0.25) is 0 Å². The van der Waals surface area contributed by atoms with Crippen molar-refractivity contribution in [1.82, 2.24) is 9.66 Å². The second-order valence-corrected chi connectivity index (χ2v) is 10.0. The van der Waals surface area contributed by atoms with Crippen molar-refractivity contribution in [2.75, 3.05) is 7.11 Å². The van der Waals surface area contributed by atoms with E-state index >= 15 is 0 Å². The summed E-state index contributed by atoms with van der Waals surface area (Å²) in [5, 5.41) is 5.17. The Bertz CT molecular complexity index is 1510. The van der Waals surface area contributed by atoms with Crippen LogP contribution in [0.3, 0.4) is 0 Å². The van der Waals surface area contributed by atoms with Crippen LogP contribution in [0.4, 0.5) is 4.39 Å². The van der Waals surface area contributed by atoms with E-state index in [0.29, 0.717) is 39.4 Å². The monoisotopic (exact) mass is 563 g/mol. The number of benzene rings is 3. The number of methoxy groups -OCH3 is 1. The van der Waals surface area contributed by atoms with Gasteiger partial charge in [0, 0.05) is 16.0 Å². The van der Waals surface area contributed by atoms with E-state index in [1.54, 1.807) is 37.6 Å². The summed E-state index contributed by atoms with van der Waals surface area (Å²) in [6.07, 6.45) is 6.97. The van der Waals surface area contributed by atoms with Gasteiger partial charge in [-0.3, -0.25) is 4.79 Å². The highest BCUT2D eigenvalue weighted by Crippen LogP contribution is 2.35. The second kappa shape index (κ2) is 11.3. The Morgan fingerprint density at radius 2 is 1.92 bits per heavy atom. The minimum atomic E-state index is -0.330. The first-order chi connectivity index (χ1) is 18.0. The molecular weight excluding hydrogens is 537 g/mol.